The second-order valence-corrected chi connectivity index (χ2v) is 4.45. The molecule has 0 fully saturated rings. The molecule has 78 valence electrons. The number of nitrogens with zero attached hydrogens (tertiary/aromatic N) is 1. The normalized spacial score (nSPS) is 10.5. The van der Waals surface area contributed by atoms with E-state index in [2.05, 4.69) is 22.3 Å². The quantitative estimate of drug-likeness (QED) is 0.885. The SMILES string of the molecule is CSCc1ccc(-c2ncc[nH]2)cc1Cl. The van der Waals surface area contributed by atoms with E-state index in [4.69, 9.17) is 11.6 Å². The van der Waals surface area contributed by atoms with Crippen LogP contribution in [0.4, 0.5) is 0 Å². The Balaban J connectivity index is 2.33. The number of H-pyrrole nitrogens is 1. The summed E-state index contributed by atoms with van der Waals surface area (Å²) in [7, 11) is 0. The van der Waals surface area contributed by atoms with Gasteiger partial charge in [-0.2, -0.15) is 11.8 Å². The minimum Gasteiger partial charge on any atom is -0.345 e. The number of aromatic amines is 1. The fourth-order valence-corrected chi connectivity index (χ4v) is 2.28. The first-order valence-corrected chi connectivity index (χ1v) is 6.35. The van der Waals surface area contributed by atoms with Gasteiger partial charge in [0.2, 0.25) is 0 Å². The molecule has 15 heavy (non-hydrogen) atoms. The monoisotopic (exact) mass is 238 g/mol. The number of aromatic nitrogens is 2. The third-order valence-electron chi connectivity index (χ3n) is 2.12. The van der Waals surface area contributed by atoms with Gasteiger partial charge in [0.05, 0.1) is 0 Å². The predicted molar refractivity (Wildman–Crippen MR) is 66.3 cm³/mol. The molecule has 0 aliphatic rings. The van der Waals surface area contributed by atoms with Crippen molar-refractivity contribution in [3.05, 3.63) is 41.2 Å². The van der Waals surface area contributed by atoms with Crippen molar-refractivity contribution in [2.24, 2.45) is 0 Å². The Morgan fingerprint density at radius 3 is 2.93 bits per heavy atom. The lowest BCUT2D eigenvalue weighted by Gasteiger charge is -2.04. The molecule has 0 radical (unpaired) electrons. The third-order valence-corrected chi connectivity index (χ3v) is 3.08. The molecule has 0 aliphatic carbocycles. The van der Waals surface area contributed by atoms with Crippen molar-refractivity contribution < 1.29 is 0 Å². The molecule has 0 amide bonds. The van der Waals surface area contributed by atoms with E-state index >= 15 is 0 Å². The molecule has 0 saturated heterocycles. The number of rotatable bonds is 3. The Morgan fingerprint density at radius 2 is 2.33 bits per heavy atom. The number of hydrogen-bond donors (Lipinski definition) is 1. The summed E-state index contributed by atoms with van der Waals surface area (Å²) in [6, 6.07) is 6.04. The van der Waals surface area contributed by atoms with Gasteiger partial charge in [-0.3, -0.25) is 0 Å². The van der Waals surface area contributed by atoms with E-state index in [1.165, 1.54) is 5.56 Å². The van der Waals surface area contributed by atoms with E-state index in [0.29, 0.717) is 0 Å². The predicted octanol–water partition coefficient (Wildman–Crippen LogP) is 3.59. The van der Waals surface area contributed by atoms with E-state index in [0.717, 1.165) is 22.2 Å². The Morgan fingerprint density at radius 1 is 1.47 bits per heavy atom. The highest BCUT2D eigenvalue weighted by atomic mass is 35.5. The van der Waals surface area contributed by atoms with Gasteiger partial charge < -0.3 is 4.98 Å². The second kappa shape index (κ2) is 4.73. The minimum absolute atomic E-state index is 0.804. The Labute approximate surface area is 98.1 Å². The molecule has 1 heterocycles. The van der Waals surface area contributed by atoms with Gasteiger partial charge >= 0.3 is 0 Å². The fraction of sp³-hybridized carbons (Fsp3) is 0.182. The van der Waals surface area contributed by atoms with Crippen LogP contribution >= 0.6 is 23.4 Å². The van der Waals surface area contributed by atoms with Crippen LogP contribution in [0.5, 0.6) is 0 Å². The van der Waals surface area contributed by atoms with Gasteiger partial charge in [0, 0.05) is 28.7 Å². The molecule has 0 atom stereocenters. The summed E-state index contributed by atoms with van der Waals surface area (Å²) in [4.78, 5) is 7.24. The summed E-state index contributed by atoms with van der Waals surface area (Å²) >= 11 is 7.93. The van der Waals surface area contributed by atoms with Crippen LogP contribution in [0, 0.1) is 0 Å². The largest absolute Gasteiger partial charge is 0.345 e. The van der Waals surface area contributed by atoms with E-state index in [9.17, 15) is 0 Å². The number of imidazole rings is 1. The molecule has 1 aromatic carbocycles. The first kappa shape index (κ1) is 10.6. The maximum atomic E-state index is 6.17. The Hall–Kier alpha value is -0.930. The highest BCUT2D eigenvalue weighted by Crippen LogP contribution is 2.25. The van der Waals surface area contributed by atoms with Crippen LogP contribution in [0.15, 0.2) is 30.6 Å². The van der Waals surface area contributed by atoms with Crippen molar-refractivity contribution in [3.8, 4) is 11.4 Å². The van der Waals surface area contributed by atoms with Crippen LogP contribution in [0.1, 0.15) is 5.56 Å². The van der Waals surface area contributed by atoms with Crippen LogP contribution in [0.3, 0.4) is 0 Å². The minimum atomic E-state index is 0.804. The van der Waals surface area contributed by atoms with Gasteiger partial charge in [-0.05, 0) is 17.9 Å². The van der Waals surface area contributed by atoms with Crippen LogP contribution in [-0.4, -0.2) is 16.2 Å². The summed E-state index contributed by atoms with van der Waals surface area (Å²) in [6.07, 6.45) is 5.61. The number of hydrogen-bond acceptors (Lipinski definition) is 2. The molecule has 0 spiro atoms. The number of halogens is 1. The first-order chi connectivity index (χ1) is 7.31. The Bertz CT molecular complexity index is 440. The smallest absolute Gasteiger partial charge is 0.137 e. The van der Waals surface area contributed by atoms with Crippen LogP contribution in [0.25, 0.3) is 11.4 Å². The average Bonchev–Trinajstić information content (AvgIpc) is 2.74. The van der Waals surface area contributed by atoms with E-state index in [1.54, 1.807) is 24.2 Å². The number of nitrogens with one attached hydrogen (secondary N) is 1. The van der Waals surface area contributed by atoms with Crippen molar-refractivity contribution >= 4 is 23.4 Å². The van der Waals surface area contributed by atoms with Gasteiger partial charge in [-0.25, -0.2) is 4.98 Å². The molecule has 0 unspecified atom stereocenters. The zero-order chi connectivity index (χ0) is 10.7. The lowest BCUT2D eigenvalue weighted by atomic mass is 10.1. The van der Waals surface area contributed by atoms with Crippen molar-refractivity contribution in [3.63, 3.8) is 0 Å². The van der Waals surface area contributed by atoms with E-state index in [1.807, 2.05) is 12.1 Å². The molecule has 0 aliphatic heterocycles. The number of benzene rings is 1. The van der Waals surface area contributed by atoms with E-state index in [-0.39, 0.29) is 0 Å². The third kappa shape index (κ3) is 2.36. The van der Waals surface area contributed by atoms with Crippen LogP contribution in [0.2, 0.25) is 5.02 Å². The highest BCUT2D eigenvalue weighted by molar-refractivity contribution is 7.97. The maximum Gasteiger partial charge on any atom is 0.137 e. The molecule has 2 aromatic rings. The van der Waals surface area contributed by atoms with Gasteiger partial charge in [0.1, 0.15) is 5.82 Å². The van der Waals surface area contributed by atoms with E-state index < -0.39 is 0 Å². The molecule has 0 bridgehead atoms. The summed E-state index contributed by atoms with van der Waals surface area (Å²) in [6.45, 7) is 0. The average molecular weight is 239 g/mol. The zero-order valence-electron chi connectivity index (χ0n) is 8.33. The lowest BCUT2D eigenvalue weighted by Crippen LogP contribution is -1.85. The van der Waals surface area contributed by atoms with Crippen LogP contribution < -0.4 is 0 Å². The molecular weight excluding hydrogens is 228 g/mol. The van der Waals surface area contributed by atoms with Gasteiger partial charge in [-0.1, -0.05) is 23.7 Å². The molecular formula is C11H11ClN2S. The summed E-state index contributed by atoms with van der Waals surface area (Å²) in [5.41, 5.74) is 2.19. The zero-order valence-corrected chi connectivity index (χ0v) is 9.90. The van der Waals surface area contributed by atoms with Gasteiger partial charge in [-0.15, -0.1) is 0 Å². The first-order valence-electron chi connectivity index (χ1n) is 4.58. The topological polar surface area (TPSA) is 28.7 Å². The molecule has 2 rings (SSSR count). The van der Waals surface area contributed by atoms with Crippen molar-refractivity contribution in [1.82, 2.24) is 9.97 Å². The number of thioether (sulfide) groups is 1. The maximum absolute atomic E-state index is 6.17. The second-order valence-electron chi connectivity index (χ2n) is 3.18. The summed E-state index contributed by atoms with van der Waals surface area (Å²) in [5, 5.41) is 0.804. The van der Waals surface area contributed by atoms with Gasteiger partial charge in [0.15, 0.2) is 0 Å². The summed E-state index contributed by atoms with van der Waals surface area (Å²) in [5.74, 6) is 1.80. The van der Waals surface area contributed by atoms with Crippen LogP contribution in [-0.2, 0) is 5.75 Å². The lowest BCUT2D eigenvalue weighted by molar-refractivity contribution is 1.30. The van der Waals surface area contributed by atoms with Crippen molar-refractivity contribution in [2.45, 2.75) is 5.75 Å². The molecule has 2 nitrogen and oxygen atoms in total. The molecule has 0 saturated carbocycles. The molecule has 1 N–H and O–H groups in total. The molecule has 1 aromatic heterocycles. The van der Waals surface area contributed by atoms with Crippen molar-refractivity contribution in [1.29, 1.82) is 0 Å². The fourth-order valence-electron chi connectivity index (χ4n) is 1.39. The standard InChI is InChI=1S/C11H11ClN2S/c1-15-7-9-3-2-8(6-10(9)12)11-13-4-5-14-11/h2-6H,7H2,1H3,(H,13,14). The highest BCUT2D eigenvalue weighted by Gasteiger charge is 2.04. The Kier molecular flexibility index (Phi) is 3.34. The molecule has 4 heteroatoms. The van der Waals surface area contributed by atoms with Crippen molar-refractivity contribution in [2.75, 3.05) is 6.26 Å². The van der Waals surface area contributed by atoms with Gasteiger partial charge in [0.25, 0.3) is 0 Å². The summed E-state index contributed by atoms with van der Waals surface area (Å²) < 4.78 is 0.